The van der Waals surface area contributed by atoms with Gasteiger partial charge < -0.3 is 0 Å². The highest BCUT2D eigenvalue weighted by molar-refractivity contribution is 7.99. The van der Waals surface area contributed by atoms with Crippen molar-refractivity contribution >= 4 is 11.8 Å². The topological polar surface area (TPSA) is 0 Å². The second-order valence-electron chi connectivity index (χ2n) is 5.31. The molecule has 1 heteroatoms. The first kappa shape index (κ1) is 14.6. The van der Waals surface area contributed by atoms with Crippen LogP contribution in [0.3, 0.4) is 0 Å². The van der Waals surface area contributed by atoms with E-state index < -0.39 is 0 Å². The third-order valence-electron chi connectivity index (χ3n) is 3.66. The van der Waals surface area contributed by atoms with Crippen LogP contribution in [0.25, 0.3) is 0 Å². The van der Waals surface area contributed by atoms with Crippen molar-refractivity contribution in [3.8, 4) is 0 Å². The van der Waals surface area contributed by atoms with Gasteiger partial charge in [0.2, 0.25) is 0 Å². The molecule has 0 aromatic rings. The normalized spacial score (nSPS) is 33.2. The first-order valence-corrected chi connectivity index (χ1v) is 7.82. The van der Waals surface area contributed by atoms with E-state index in [0.29, 0.717) is 11.2 Å². The highest BCUT2D eigenvalue weighted by Gasteiger charge is 2.21. The van der Waals surface area contributed by atoms with E-state index >= 15 is 0 Å². The Hall–Kier alpha value is -0.430. The van der Waals surface area contributed by atoms with Crippen molar-refractivity contribution in [1.29, 1.82) is 0 Å². The zero-order valence-corrected chi connectivity index (χ0v) is 12.6. The number of hydrogen-bond acceptors (Lipinski definition) is 1. The van der Waals surface area contributed by atoms with Crippen molar-refractivity contribution in [3.63, 3.8) is 0 Å². The fourth-order valence-electron chi connectivity index (χ4n) is 2.44. The van der Waals surface area contributed by atoms with E-state index in [2.05, 4.69) is 45.8 Å². The van der Waals surface area contributed by atoms with Gasteiger partial charge in [-0.1, -0.05) is 35.5 Å². The molecule has 2 unspecified atom stereocenters. The smallest absolute Gasteiger partial charge is 0.0149 e. The summed E-state index contributed by atoms with van der Waals surface area (Å²) in [5, 5.41) is 0.686. The first-order chi connectivity index (χ1) is 8.04. The summed E-state index contributed by atoms with van der Waals surface area (Å²) < 4.78 is 0. The molecule has 1 aliphatic carbocycles. The van der Waals surface area contributed by atoms with Crippen LogP contribution in [0.5, 0.6) is 0 Å². The molecule has 0 nitrogen and oxygen atoms in total. The van der Waals surface area contributed by atoms with Gasteiger partial charge in [0.25, 0.3) is 0 Å². The minimum Gasteiger partial charge on any atom is -0.161 e. The zero-order chi connectivity index (χ0) is 12.8. The summed E-state index contributed by atoms with van der Waals surface area (Å²) in [4.78, 5) is 0. The lowest BCUT2D eigenvalue weighted by molar-refractivity contribution is 0.578. The average molecular weight is 250 g/mol. The molecule has 0 N–H and O–H groups in total. The van der Waals surface area contributed by atoms with E-state index in [9.17, 15) is 0 Å². The summed E-state index contributed by atoms with van der Waals surface area (Å²) in [6.45, 7) is 10.9. The van der Waals surface area contributed by atoms with E-state index in [1.54, 1.807) is 5.57 Å². The molecule has 1 rings (SSSR count). The third-order valence-corrected chi connectivity index (χ3v) is 4.76. The molecule has 0 aromatic heterocycles. The van der Waals surface area contributed by atoms with Gasteiger partial charge in [-0.25, -0.2) is 0 Å². The Balaban J connectivity index is 2.91. The Kier molecular flexibility index (Phi) is 6.11. The lowest BCUT2D eigenvalue weighted by Crippen LogP contribution is -2.18. The Bertz CT molecular complexity index is 322. The van der Waals surface area contributed by atoms with Crippen molar-refractivity contribution < 1.29 is 0 Å². The number of allylic oxidation sites excluding steroid dienone is 5. The maximum atomic E-state index is 4.19. The minimum absolute atomic E-state index is 0.626. The second-order valence-corrected chi connectivity index (χ2v) is 6.38. The number of thioether (sulfide) groups is 1. The minimum atomic E-state index is 0.626. The van der Waals surface area contributed by atoms with Gasteiger partial charge in [0, 0.05) is 5.25 Å². The number of rotatable bonds is 2. The molecule has 0 heterocycles. The fourth-order valence-corrected chi connectivity index (χ4v) is 3.54. The van der Waals surface area contributed by atoms with Crippen molar-refractivity contribution in [2.45, 2.75) is 51.7 Å². The Morgan fingerprint density at radius 1 is 1.29 bits per heavy atom. The largest absolute Gasteiger partial charge is 0.161 e. The molecule has 1 aliphatic rings. The maximum absolute atomic E-state index is 4.19. The molecule has 0 fully saturated rings. The summed E-state index contributed by atoms with van der Waals surface area (Å²) in [5.74, 6) is 0.626. The van der Waals surface area contributed by atoms with Crippen molar-refractivity contribution in [2.24, 2.45) is 5.92 Å². The van der Waals surface area contributed by atoms with Crippen LogP contribution in [0.2, 0.25) is 0 Å². The van der Waals surface area contributed by atoms with Crippen LogP contribution in [-0.2, 0) is 0 Å². The van der Waals surface area contributed by atoms with Crippen LogP contribution in [-0.4, -0.2) is 11.5 Å². The Labute approximate surface area is 111 Å². The van der Waals surface area contributed by atoms with Gasteiger partial charge >= 0.3 is 0 Å². The molecule has 0 radical (unpaired) electrons. The lowest BCUT2D eigenvalue weighted by atomic mass is 9.88. The zero-order valence-electron chi connectivity index (χ0n) is 11.8. The Morgan fingerprint density at radius 2 is 2.00 bits per heavy atom. The molecule has 0 spiro atoms. The maximum Gasteiger partial charge on any atom is 0.0149 e. The van der Waals surface area contributed by atoms with Crippen LogP contribution in [0.4, 0.5) is 0 Å². The van der Waals surface area contributed by atoms with E-state index in [4.69, 9.17) is 0 Å². The molecule has 2 atom stereocenters. The highest BCUT2D eigenvalue weighted by Crippen LogP contribution is 2.32. The van der Waals surface area contributed by atoms with Crippen LogP contribution in [0, 0.1) is 5.92 Å². The van der Waals surface area contributed by atoms with Gasteiger partial charge in [0.1, 0.15) is 0 Å². The van der Waals surface area contributed by atoms with E-state index in [1.165, 1.54) is 36.8 Å². The predicted octanol–water partition coefficient (Wildman–Crippen LogP) is 5.38. The van der Waals surface area contributed by atoms with Crippen LogP contribution in [0.15, 0.2) is 35.5 Å². The van der Waals surface area contributed by atoms with Crippen LogP contribution in [0.1, 0.15) is 46.5 Å². The molecule has 0 saturated heterocycles. The lowest BCUT2D eigenvalue weighted by Gasteiger charge is -2.26. The van der Waals surface area contributed by atoms with Crippen molar-refractivity contribution in [2.75, 3.05) is 6.26 Å². The van der Waals surface area contributed by atoms with E-state index in [0.717, 1.165) is 0 Å². The quantitative estimate of drug-likeness (QED) is 0.593. The van der Waals surface area contributed by atoms with Gasteiger partial charge in [-0.3, -0.25) is 0 Å². The SMILES string of the molecule is C=C(C)C1C/C=C(\C)CC/C=C(/C)CC1SC. The Morgan fingerprint density at radius 3 is 2.59 bits per heavy atom. The molecule has 17 heavy (non-hydrogen) atoms. The second kappa shape index (κ2) is 7.10. The van der Waals surface area contributed by atoms with E-state index in [-0.39, 0.29) is 0 Å². The molecule has 0 bridgehead atoms. The monoisotopic (exact) mass is 250 g/mol. The summed E-state index contributed by atoms with van der Waals surface area (Å²) in [5.41, 5.74) is 4.41. The molecule has 0 aromatic carbocycles. The highest BCUT2D eigenvalue weighted by atomic mass is 32.2. The third kappa shape index (κ3) is 4.75. The van der Waals surface area contributed by atoms with Crippen molar-refractivity contribution in [1.82, 2.24) is 0 Å². The summed E-state index contributed by atoms with van der Waals surface area (Å²) in [6.07, 6.45) is 11.9. The van der Waals surface area contributed by atoms with Crippen LogP contribution >= 0.6 is 11.8 Å². The standard InChI is InChI=1S/C16H26S/c1-12(2)15-10-9-13(3)7-6-8-14(4)11-16(15)17-5/h8-9,15-16H,1,6-7,10-11H2,2-5H3/b13-9+,14-8-. The van der Waals surface area contributed by atoms with Gasteiger partial charge in [0.15, 0.2) is 0 Å². The van der Waals surface area contributed by atoms with Gasteiger partial charge in [0.05, 0.1) is 0 Å². The van der Waals surface area contributed by atoms with Crippen LogP contribution < -0.4 is 0 Å². The predicted molar refractivity (Wildman–Crippen MR) is 81.6 cm³/mol. The van der Waals surface area contributed by atoms with Gasteiger partial charge in [-0.15, -0.1) is 0 Å². The number of hydrogen-bond donors (Lipinski definition) is 0. The molecule has 0 saturated carbocycles. The molecular formula is C16H26S. The van der Waals surface area contributed by atoms with Crippen molar-refractivity contribution in [3.05, 3.63) is 35.5 Å². The molecular weight excluding hydrogens is 224 g/mol. The molecule has 96 valence electrons. The molecule has 0 aliphatic heterocycles. The fraction of sp³-hybridized carbons (Fsp3) is 0.625. The average Bonchev–Trinajstić information content (AvgIpc) is 2.26. The first-order valence-electron chi connectivity index (χ1n) is 6.54. The summed E-state index contributed by atoms with van der Waals surface area (Å²) in [7, 11) is 0. The molecule has 0 amide bonds. The van der Waals surface area contributed by atoms with E-state index in [1.807, 2.05) is 11.8 Å². The summed E-state index contributed by atoms with van der Waals surface area (Å²) >= 11 is 1.99. The van der Waals surface area contributed by atoms with Gasteiger partial charge in [-0.2, -0.15) is 11.8 Å². The van der Waals surface area contributed by atoms with Gasteiger partial charge in [-0.05, 0) is 58.6 Å². The summed E-state index contributed by atoms with van der Waals surface area (Å²) in [6, 6.07) is 0.